The van der Waals surface area contributed by atoms with Gasteiger partial charge in [-0.15, -0.1) is 0 Å². The lowest BCUT2D eigenvalue weighted by Gasteiger charge is -2.43. The highest BCUT2D eigenvalue weighted by Gasteiger charge is 2.50. The van der Waals surface area contributed by atoms with E-state index in [0.717, 1.165) is 10.4 Å². The predicted molar refractivity (Wildman–Crippen MR) is 115 cm³/mol. The van der Waals surface area contributed by atoms with Crippen molar-refractivity contribution in [2.45, 2.75) is 57.0 Å². The summed E-state index contributed by atoms with van der Waals surface area (Å²) in [5.74, 6) is -0.616. The summed E-state index contributed by atoms with van der Waals surface area (Å²) in [5, 5.41) is 22.3. The largest absolute Gasteiger partial charge is 0.460 e. The molecule has 0 aliphatic carbocycles. The molecule has 3 atom stereocenters. The van der Waals surface area contributed by atoms with E-state index in [1.165, 1.54) is 0 Å². The van der Waals surface area contributed by atoms with Gasteiger partial charge in [-0.2, -0.15) is 0 Å². The predicted octanol–water partition coefficient (Wildman–Crippen LogP) is 1.99. The van der Waals surface area contributed by atoms with Crippen LogP contribution >= 0.6 is 0 Å². The molecule has 1 saturated heterocycles. The number of esters is 1. The summed E-state index contributed by atoms with van der Waals surface area (Å²) in [7, 11) is -2.71. The molecular weight excluding hydrogens is 384 g/mol. The molecule has 0 unspecified atom stereocenters. The Labute approximate surface area is 173 Å². The van der Waals surface area contributed by atoms with Crippen molar-refractivity contribution in [3.63, 3.8) is 0 Å². The maximum Gasteiger partial charge on any atom is 0.335 e. The quantitative estimate of drug-likeness (QED) is 0.535. The first-order valence-electron chi connectivity index (χ1n) is 10.1. The summed E-state index contributed by atoms with van der Waals surface area (Å²) in [5.41, 5.74) is 0. The lowest BCUT2D eigenvalue weighted by molar-refractivity contribution is -0.148. The fourth-order valence-corrected chi connectivity index (χ4v) is 8.73. The number of rotatable bonds is 7. The zero-order valence-electron chi connectivity index (χ0n) is 17.2. The molecular formula is C23H30O5Si. The number of benzene rings is 2. The minimum atomic E-state index is -2.71. The van der Waals surface area contributed by atoms with Gasteiger partial charge in [0.15, 0.2) is 6.10 Å². The van der Waals surface area contributed by atoms with Crippen LogP contribution in [0.2, 0.25) is 5.04 Å². The minimum Gasteiger partial charge on any atom is -0.460 e. The fraction of sp³-hybridized carbons (Fsp3) is 0.435. The second kappa shape index (κ2) is 8.79. The zero-order valence-corrected chi connectivity index (χ0v) is 18.2. The molecule has 0 aromatic heterocycles. The summed E-state index contributed by atoms with van der Waals surface area (Å²) < 4.78 is 11.8. The maximum absolute atomic E-state index is 11.4. The number of hydrogen-bond acceptors (Lipinski definition) is 5. The van der Waals surface area contributed by atoms with Crippen LogP contribution in [0.4, 0.5) is 0 Å². The third kappa shape index (κ3) is 4.61. The van der Waals surface area contributed by atoms with E-state index in [1.807, 2.05) is 36.4 Å². The topological polar surface area (TPSA) is 76.0 Å². The highest BCUT2D eigenvalue weighted by atomic mass is 28.4. The Morgan fingerprint density at radius 2 is 1.59 bits per heavy atom. The van der Waals surface area contributed by atoms with Crippen LogP contribution in [0.1, 0.15) is 33.6 Å². The molecule has 6 heteroatoms. The average Bonchev–Trinajstić information content (AvgIpc) is 3.00. The third-order valence-corrected chi connectivity index (χ3v) is 10.5. The fourth-order valence-electron chi connectivity index (χ4n) is 4.13. The molecule has 1 aliphatic heterocycles. The van der Waals surface area contributed by atoms with Gasteiger partial charge in [-0.1, -0.05) is 81.4 Å². The number of cyclic esters (lactones) is 1. The van der Waals surface area contributed by atoms with Gasteiger partial charge in [0.05, 0.1) is 12.7 Å². The molecule has 29 heavy (non-hydrogen) atoms. The van der Waals surface area contributed by atoms with Crippen LogP contribution in [-0.2, 0) is 14.0 Å². The van der Waals surface area contributed by atoms with E-state index in [1.54, 1.807) is 0 Å². The van der Waals surface area contributed by atoms with Crippen LogP contribution in [0.3, 0.4) is 0 Å². The Morgan fingerprint density at radius 3 is 2.00 bits per heavy atom. The molecule has 1 aliphatic rings. The molecule has 0 bridgehead atoms. The van der Waals surface area contributed by atoms with Crippen molar-refractivity contribution in [2.24, 2.45) is 0 Å². The second-order valence-electron chi connectivity index (χ2n) is 8.67. The van der Waals surface area contributed by atoms with Crippen molar-refractivity contribution >= 4 is 24.7 Å². The smallest absolute Gasteiger partial charge is 0.335 e. The van der Waals surface area contributed by atoms with Gasteiger partial charge in [0.25, 0.3) is 8.32 Å². The summed E-state index contributed by atoms with van der Waals surface area (Å²) in [6, 6.07) is 20.5. The van der Waals surface area contributed by atoms with Crippen molar-refractivity contribution in [2.75, 3.05) is 6.61 Å². The monoisotopic (exact) mass is 414 g/mol. The second-order valence-corrected chi connectivity index (χ2v) is 13.0. The standard InChI is InChI=1S/C23H30O5Si/c1-23(2,3)29(19-10-6-4-7-11-19,20-12-8-5-9-13-20)27-16-17(24)14-18-15-21(25)22(26)28-18/h4-13,17-18,21,24-25H,14-16H2,1-3H3/t17-,18-,21+/m0/s1. The van der Waals surface area contributed by atoms with Crippen LogP contribution in [0.5, 0.6) is 0 Å². The number of carbonyl (C=O) groups is 1. The Morgan fingerprint density at radius 1 is 1.07 bits per heavy atom. The van der Waals surface area contributed by atoms with Gasteiger partial charge in [0, 0.05) is 12.8 Å². The molecule has 3 rings (SSSR count). The Kier molecular flexibility index (Phi) is 6.58. The first-order valence-corrected chi connectivity index (χ1v) is 12.0. The Bertz CT molecular complexity index is 764. The van der Waals surface area contributed by atoms with E-state index < -0.39 is 32.6 Å². The summed E-state index contributed by atoms with van der Waals surface area (Å²) in [6.07, 6.45) is -1.89. The van der Waals surface area contributed by atoms with E-state index in [4.69, 9.17) is 9.16 Å². The van der Waals surface area contributed by atoms with Gasteiger partial charge in [-0.05, 0) is 15.4 Å². The first-order chi connectivity index (χ1) is 13.7. The molecule has 0 saturated carbocycles. The van der Waals surface area contributed by atoms with E-state index in [-0.39, 0.29) is 24.5 Å². The SMILES string of the molecule is CC(C)(C)[Si](OC[C@@H](O)C[C@H]1C[C@@H](O)C(=O)O1)(c1ccccc1)c1ccccc1. The van der Waals surface area contributed by atoms with Crippen LogP contribution < -0.4 is 10.4 Å². The number of hydrogen-bond donors (Lipinski definition) is 2. The van der Waals surface area contributed by atoms with Crippen LogP contribution in [0.15, 0.2) is 60.7 Å². The van der Waals surface area contributed by atoms with Crippen molar-refractivity contribution < 1.29 is 24.2 Å². The Balaban J connectivity index is 1.87. The molecule has 156 valence electrons. The van der Waals surface area contributed by atoms with E-state index in [9.17, 15) is 15.0 Å². The highest BCUT2D eigenvalue weighted by Crippen LogP contribution is 2.37. The van der Waals surface area contributed by atoms with Crippen LogP contribution in [0.25, 0.3) is 0 Å². The van der Waals surface area contributed by atoms with Crippen molar-refractivity contribution in [3.8, 4) is 0 Å². The molecule has 0 amide bonds. The lowest BCUT2D eigenvalue weighted by atomic mass is 10.1. The summed E-state index contributed by atoms with van der Waals surface area (Å²) in [4.78, 5) is 11.4. The highest BCUT2D eigenvalue weighted by molar-refractivity contribution is 6.99. The molecule has 1 heterocycles. The van der Waals surface area contributed by atoms with Crippen molar-refractivity contribution in [1.29, 1.82) is 0 Å². The first kappa shape index (κ1) is 21.7. The van der Waals surface area contributed by atoms with Crippen molar-refractivity contribution in [3.05, 3.63) is 60.7 Å². The summed E-state index contributed by atoms with van der Waals surface area (Å²) in [6.45, 7) is 6.68. The van der Waals surface area contributed by atoms with Gasteiger partial charge >= 0.3 is 5.97 Å². The third-order valence-electron chi connectivity index (χ3n) is 5.49. The Hall–Kier alpha value is -1.99. The van der Waals surface area contributed by atoms with Gasteiger partial charge in [0.2, 0.25) is 0 Å². The molecule has 2 aromatic rings. The number of aliphatic hydroxyl groups is 2. The molecule has 2 N–H and O–H groups in total. The molecule has 0 spiro atoms. The van der Waals surface area contributed by atoms with E-state index in [0.29, 0.717) is 0 Å². The summed E-state index contributed by atoms with van der Waals surface area (Å²) >= 11 is 0. The van der Waals surface area contributed by atoms with Crippen LogP contribution in [-0.4, -0.2) is 49.4 Å². The zero-order chi connectivity index (χ0) is 21.1. The molecule has 1 fully saturated rings. The number of carbonyl (C=O) groups excluding carboxylic acids is 1. The molecule has 2 aromatic carbocycles. The lowest BCUT2D eigenvalue weighted by Crippen LogP contribution is -2.67. The van der Waals surface area contributed by atoms with Crippen molar-refractivity contribution in [1.82, 2.24) is 0 Å². The normalized spacial score (nSPS) is 21.1. The molecule has 5 nitrogen and oxygen atoms in total. The number of ether oxygens (including phenoxy) is 1. The van der Waals surface area contributed by atoms with Gasteiger partial charge in [0.1, 0.15) is 6.10 Å². The van der Waals surface area contributed by atoms with E-state index in [2.05, 4.69) is 45.0 Å². The maximum atomic E-state index is 11.4. The van der Waals surface area contributed by atoms with Crippen LogP contribution in [0, 0.1) is 0 Å². The van der Waals surface area contributed by atoms with Gasteiger partial charge < -0.3 is 19.4 Å². The number of aliphatic hydroxyl groups excluding tert-OH is 2. The average molecular weight is 415 g/mol. The van der Waals surface area contributed by atoms with Gasteiger partial charge in [-0.25, -0.2) is 4.79 Å². The minimum absolute atomic E-state index is 0.136. The molecule has 0 radical (unpaired) electrons. The van der Waals surface area contributed by atoms with E-state index >= 15 is 0 Å². The van der Waals surface area contributed by atoms with Gasteiger partial charge in [-0.3, -0.25) is 0 Å².